The highest BCUT2D eigenvalue weighted by molar-refractivity contribution is 7.18. The first kappa shape index (κ1) is 18.1. The van der Waals surface area contributed by atoms with Crippen molar-refractivity contribution < 1.29 is 19.2 Å². The molecule has 0 aliphatic heterocycles. The summed E-state index contributed by atoms with van der Waals surface area (Å²) in [5.41, 5.74) is 0.453. The molecule has 8 heteroatoms. The molecule has 1 heterocycles. The Morgan fingerprint density at radius 1 is 1.29 bits per heavy atom. The Bertz CT molecular complexity index is 773. The van der Waals surface area contributed by atoms with Crippen molar-refractivity contribution in [3.05, 3.63) is 61.3 Å². The SMILES string of the molecule is C[C@@H](OC(=O)CCC(=O)c1ccc(Cl)s1)c1cccc([N+](=O)[O-])c1. The third-order valence-electron chi connectivity index (χ3n) is 3.26. The fraction of sp³-hybridized carbons (Fsp3) is 0.250. The quantitative estimate of drug-likeness (QED) is 0.309. The second kappa shape index (κ2) is 8.03. The molecule has 6 nitrogen and oxygen atoms in total. The van der Waals surface area contributed by atoms with Gasteiger partial charge >= 0.3 is 5.97 Å². The van der Waals surface area contributed by atoms with E-state index in [2.05, 4.69) is 0 Å². The Hall–Kier alpha value is -2.25. The van der Waals surface area contributed by atoms with Gasteiger partial charge in [-0.15, -0.1) is 11.3 Å². The molecule has 2 rings (SSSR count). The first-order valence-electron chi connectivity index (χ1n) is 7.09. The van der Waals surface area contributed by atoms with E-state index < -0.39 is 17.0 Å². The van der Waals surface area contributed by atoms with Crippen LogP contribution in [0.1, 0.15) is 41.1 Å². The van der Waals surface area contributed by atoms with E-state index in [1.165, 1.54) is 18.2 Å². The van der Waals surface area contributed by atoms with Gasteiger partial charge < -0.3 is 4.74 Å². The van der Waals surface area contributed by atoms with Crippen molar-refractivity contribution in [1.29, 1.82) is 0 Å². The van der Waals surface area contributed by atoms with Gasteiger partial charge in [0.15, 0.2) is 5.78 Å². The zero-order chi connectivity index (χ0) is 17.7. The number of halogens is 1. The molecule has 0 fully saturated rings. The summed E-state index contributed by atoms with van der Waals surface area (Å²) in [5.74, 6) is -0.711. The number of carbonyl (C=O) groups excluding carboxylic acids is 2. The number of hydrogen-bond donors (Lipinski definition) is 0. The Morgan fingerprint density at radius 3 is 2.67 bits per heavy atom. The minimum atomic E-state index is -0.635. The summed E-state index contributed by atoms with van der Waals surface area (Å²) in [6, 6.07) is 9.14. The molecule has 0 spiro atoms. The number of nitro benzene ring substituents is 1. The number of hydrogen-bond acceptors (Lipinski definition) is 6. The Kier molecular flexibility index (Phi) is 6.05. The summed E-state index contributed by atoms with van der Waals surface area (Å²) in [4.78, 5) is 34.5. The molecule has 0 unspecified atom stereocenters. The van der Waals surface area contributed by atoms with Crippen LogP contribution in [-0.2, 0) is 9.53 Å². The number of thiophene rings is 1. The molecule has 1 atom stereocenters. The molecule has 1 aromatic carbocycles. The minimum Gasteiger partial charge on any atom is -0.458 e. The van der Waals surface area contributed by atoms with Gasteiger partial charge in [-0.2, -0.15) is 0 Å². The van der Waals surface area contributed by atoms with Crippen molar-refractivity contribution in [3.63, 3.8) is 0 Å². The van der Waals surface area contributed by atoms with Crippen LogP contribution < -0.4 is 0 Å². The van der Waals surface area contributed by atoms with E-state index in [0.29, 0.717) is 14.8 Å². The topological polar surface area (TPSA) is 86.5 Å². The molecule has 0 amide bonds. The average molecular weight is 368 g/mol. The number of Topliss-reactive ketones (excluding diaryl/α,β-unsaturated/α-hetero) is 1. The van der Waals surface area contributed by atoms with E-state index in [9.17, 15) is 19.7 Å². The second-order valence-electron chi connectivity index (χ2n) is 5.01. The van der Waals surface area contributed by atoms with Crippen molar-refractivity contribution in [1.82, 2.24) is 0 Å². The van der Waals surface area contributed by atoms with Crippen LogP contribution in [-0.4, -0.2) is 16.7 Å². The lowest BCUT2D eigenvalue weighted by Gasteiger charge is -2.13. The summed E-state index contributed by atoms with van der Waals surface area (Å²) in [7, 11) is 0. The number of ether oxygens (including phenoxy) is 1. The smallest absolute Gasteiger partial charge is 0.306 e. The summed E-state index contributed by atoms with van der Waals surface area (Å²) < 4.78 is 5.74. The maximum Gasteiger partial charge on any atom is 0.306 e. The number of non-ortho nitro benzene ring substituents is 1. The van der Waals surface area contributed by atoms with Crippen LogP contribution in [0.15, 0.2) is 36.4 Å². The van der Waals surface area contributed by atoms with Crippen LogP contribution in [0.3, 0.4) is 0 Å². The average Bonchev–Trinajstić information content (AvgIpc) is 2.99. The van der Waals surface area contributed by atoms with Crippen LogP contribution in [0.4, 0.5) is 5.69 Å². The molecule has 0 bridgehead atoms. The zero-order valence-corrected chi connectivity index (χ0v) is 14.3. The molecule has 0 saturated heterocycles. The van der Waals surface area contributed by atoms with Gasteiger partial charge in [0.25, 0.3) is 5.69 Å². The first-order valence-corrected chi connectivity index (χ1v) is 8.28. The van der Waals surface area contributed by atoms with Crippen molar-refractivity contribution in [2.24, 2.45) is 0 Å². The second-order valence-corrected chi connectivity index (χ2v) is 6.73. The molecule has 0 aliphatic rings. The maximum absolute atomic E-state index is 11.9. The van der Waals surface area contributed by atoms with Gasteiger partial charge in [-0.3, -0.25) is 19.7 Å². The lowest BCUT2D eigenvalue weighted by Crippen LogP contribution is -2.11. The third kappa shape index (κ3) is 4.87. The highest BCUT2D eigenvalue weighted by atomic mass is 35.5. The highest BCUT2D eigenvalue weighted by Gasteiger charge is 2.17. The lowest BCUT2D eigenvalue weighted by atomic mass is 10.1. The molecule has 1 aromatic heterocycles. The fourth-order valence-corrected chi connectivity index (χ4v) is 3.03. The number of carbonyl (C=O) groups is 2. The lowest BCUT2D eigenvalue weighted by molar-refractivity contribution is -0.385. The number of nitrogens with zero attached hydrogens (tertiary/aromatic N) is 1. The van der Waals surface area contributed by atoms with Crippen LogP contribution in [0.25, 0.3) is 0 Å². The number of ketones is 1. The number of rotatable bonds is 7. The number of esters is 1. The Labute approximate surface area is 147 Å². The largest absolute Gasteiger partial charge is 0.458 e. The molecule has 2 aromatic rings. The van der Waals surface area contributed by atoms with Crippen LogP contribution in [0.2, 0.25) is 4.34 Å². The molecule has 24 heavy (non-hydrogen) atoms. The standard InChI is InChI=1S/C16H14ClNO5S/c1-10(11-3-2-4-12(9-11)18(21)22)23-16(20)8-5-13(19)14-6-7-15(17)24-14/h2-4,6-7,9-10H,5,8H2,1H3/t10-/m1/s1. The normalized spacial score (nSPS) is 11.8. The molecule has 0 N–H and O–H groups in total. The monoisotopic (exact) mass is 367 g/mol. The van der Waals surface area contributed by atoms with E-state index in [4.69, 9.17) is 16.3 Å². The summed E-state index contributed by atoms with van der Waals surface area (Å²) >= 11 is 6.93. The Morgan fingerprint density at radius 2 is 2.04 bits per heavy atom. The van der Waals surface area contributed by atoms with Gasteiger partial charge in [0.05, 0.1) is 20.6 Å². The fourth-order valence-electron chi connectivity index (χ4n) is 2.02. The zero-order valence-electron chi connectivity index (χ0n) is 12.7. The molecular weight excluding hydrogens is 354 g/mol. The predicted molar refractivity (Wildman–Crippen MR) is 90.5 cm³/mol. The molecular formula is C16H14ClNO5S. The van der Waals surface area contributed by atoms with E-state index in [1.807, 2.05) is 0 Å². The van der Waals surface area contributed by atoms with Crippen LogP contribution in [0, 0.1) is 10.1 Å². The van der Waals surface area contributed by atoms with Gasteiger partial charge in [0.1, 0.15) is 6.10 Å². The van der Waals surface area contributed by atoms with Gasteiger partial charge in [-0.05, 0) is 24.6 Å². The summed E-state index contributed by atoms with van der Waals surface area (Å²) in [6.07, 6.45) is -0.672. The van der Waals surface area contributed by atoms with E-state index in [-0.39, 0.29) is 24.3 Å². The van der Waals surface area contributed by atoms with E-state index in [0.717, 1.165) is 11.3 Å². The van der Waals surface area contributed by atoms with Crippen molar-refractivity contribution in [2.75, 3.05) is 0 Å². The van der Waals surface area contributed by atoms with Gasteiger partial charge in [0.2, 0.25) is 0 Å². The summed E-state index contributed by atoms with van der Waals surface area (Å²) in [6.45, 7) is 1.62. The third-order valence-corrected chi connectivity index (χ3v) is 4.54. The number of benzene rings is 1. The molecule has 126 valence electrons. The predicted octanol–water partition coefficient (Wildman–Crippen LogP) is 4.58. The Balaban J connectivity index is 1.88. The highest BCUT2D eigenvalue weighted by Crippen LogP contribution is 2.24. The maximum atomic E-state index is 11.9. The molecule has 0 saturated carbocycles. The first-order chi connectivity index (χ1) is 11.4. The van der Waals surface area contributed by atoms with Crippen LogP contribution in [0.5, 0.6) is 0 Å². The number of nitro groups is 1. The van der Waals surface area contributed by atoms with E-state index >= 15 is 0 Å². The van der Waals surface area contributed by atoms with Gasteiger partial charge in [-0.25, -0.2) is 0 Å². The molecule has 0 aliphatic carbocycles. The molecule has 0 radical (unpaired) electrons. The van der Waals surface area contributed by atoms with Gasteiger partial charge in [0, 0.05) is 18.6 Å². The van der Waals surface area contributed by atoms with Crippen molar-refractivity contribution >= 4 is 40.4 Å². The van der Waals surface area contributed by atoms with Crippen LogP contribution >= 0.6 is 22.9 Å². The summed E-state index contributed by atoms with van der Waals surface area (Å²) in [5, 5.41) is 10.8. The minimum absolute atomic E-state index is 0.0251. The van der Waals surface area contributed by atoms with Gasteiger partial charge in [-0.1, -0.05) is 23.7 Å². The van der Waals surface area contributed by atoms with Crippen molar-refractivity contribution in [3.8, 4) is 0 Å². The van der Waals surface area contributed by atoms with Crippen molar-refractivity contribution in [2.45, 2.75) is 25.9 Å². The van der Waals surface area contributed by atoms with E-state index in [1.54, 1.807) is 25.1 Å².